The van der Waals surface area contributed by atoms with Crippen molar-refractivity contribution in [3.63, 3.8) is 0 Å². The molecule has 1 heterocycles. The number of nitrogens with one attached hydrogen (secondary N) is 1. The summed E-state index contributed by atoms with van der Waals surface area (Å²) in [5.41, 5.74) is -0.931. The molecule has 3 aromatic rings. The Labute approximate surface area is 166 Å². The largest absolute Gasteiger partial charge is 0.418 e. The van der Waals surface area contributed by atoms with Gasteiger partial charge in [0.25, 0.3) is 0 Å². The second-order valence-electron chi connectivity index (χ2n) is 5.62. The van der Waals surface area contributed by atoms with Gasteiger partial charge in [-0.2, -0.15) is 13.2 Å². The summed E-state index contributed by atoms with van der Waals surface area (Å²) in [5.74, 6) is 0.479. The van der Waals surface area contributed by atoms with Gasteiger partial charge in [0, 0.05) is 16.3 Å². The molecule has 9 heteroatoms. The van der Waals surface area contributed by atoms with Gasteiger partial charge in [-0.1, -0.05) is 29.0 Å². The van der Waals surface area contributed by atoms with E-state index in [0.29, 0.717) is 16.1 Å². The molecule has 2 aromatic carbocycles. The number of alkyl halides is 3. The van der Waals surface area contributed by atoms with Gasteiger partial charge in [-0.05, 0) is 48.6 Å². The number of benzene rings is 2. The van der Waals surface area contributed by atoms with E-state index in [1.165, 1.54) is 6.07 Å². The van der Waals surface area contributed by atoms with Crippen LogP contribution in [0.25, 0.3) is 10.2 Å². The van der Waals surface area contributed by atoms with Gasteiger partial charge in [-0.3, -0.25) is 4.79 Å². The van der Waals surface area contributed by atoms with Crippen molar-refractivity contribution in [2.75, 3.05) is 11.1 Å². The Morgan fingerprint density at radius 1 is 1.19 bits per heavy atom. The number of hydrogen-bond donors (Lipinski definition) is 1. The van der Waals surface area contributed by atoms with Gasteiger partial charge in [0.2, 0.25) is 5.91 Å². The number of halogens is 4. The van der Waals surface area contributed by atoms with Gasteiger partial charge in [-0.15, -0.1) is 11.8 Å². The van der Waals surface area contributed by atoms with E-state index in [1.54, 1.807) is 30.0 Å². The maximum Gasteiger partial charge on any atom is 0.418 e. The van der Waals surface area contributed by atoms with E-state index < -0.39 is 11.7 Å². The van der Waals surface area contributed by atoms with Crippen LogP contribution in [0.4, 0.5) is 18.3 Å². The molecule has 0 unspecified atom stereocenters. The van der Waals surface area contributed by atoms with Crippen LogP contribution in [0.2, 0.25) is 5.02 Å². The number of carbonyl (C=O) groups is 1. The van der Waals surface area contributed by atoms with Gasteiger partial charge in [0.15, 0.2) is 5.13 Å². The fourth-order valence-corrected chi connectivity index (χ4v) is 4.25. The Hall–Kier alpha value is -1.77. The molecule has 142 valence electrons. The first-order chi connectivity index (χ1) is 12.8. The maximum atomic E-state index is 13.0. The lowest BCUT2D eigenvalue weighted by Gasteiger charge is -2.06. The smallest absolute Gasteiger partial charge is 0.302 e. The number of amides is 1. The number of rotatable bonds is 6. The lowest BCUT2D eigenvalue weighted by molar-refractivity contribution is -0.136. The SMILES string of the molecule is O=C(CCCSc1ccc(Cl)cc1)Nc1nc2c(C(F)(F)F)cccc2s1. The molecule has 1 aromatic heterocycles. The fraction of sp³-hybridized carbons (Fsp3) is 0.222. The third-order valence-electron chi connectivity index (χ3n) is 3.60. The Balaban J connectivity index is 1.54. The summed E-state index contributed by atoms with van der Waals surface area (Å²) in [5, 5.41) is 3.44. The monoisotopic (exact) mass is 430 g/mol. The van der Waals surface area contributed by atoms with Crippen LogP contribution in [-0.2, 0) is 11.0 Å². The summed E-state index contributed by atoms with van der Waals surface area (Å²) in [4.78, 5) is 17.0. The first-order valence-corrected chi connectivity index (χ1v) is 10.2. The van der Waals surface area contributed by atoms with Crippen LogP contribution < -0.4 is 5.32 Å². The van der Waals surface area contributed by atoms with Gasteiger partial charge >= 0.3 is 6.18 Å². The molecule has 0 aliphatic heterocycles. The van der Waals surface area contributed by atoms with E-state index in [2.05, 4.69) is 10.3 Å². The molecule has 0 saturated carbocycles. The van der Waals surface area contributed by atoms with E-state index in [4.69, 9.17) is 11.6 Å². The summed E-state index contributed by atoms with van der Waals surface area (Å²) < 4.78 is 39.5. The molecule has 0 spiro atoms. The van der Waals surface area contributed by atoms with Crippen LogP contribution in [0.1, 0.15) is 18.4 Å². The number of aromatic nitrogens is 1. The molecule has 1 amide bonds. The molecule has 27 heavy (non-hydrogen) atoms. The van der Waals surface area contributed by atoms with Crippen LogP contribution in [-0.4, -0.2) is 16.6 Å². The predicted octanol–water partition coefficient (Wildman–Crippen LogP) is 6.48. The number of para-hydroxylation sites is 1. The van der Waals surface area contributed by atoms with Crippen LogP contribution >= 0.6 is 34.7 Å². The minimum absolute atomic E-state index is 0.136. The zero-order valence-corrected chi connectivity index (χ0v) is 16.2. The summed E-state index contributed by atoms with van der Waals surface area (Å²) >= 11 is 8.47. The van der Waals surface area contributed by atoms with Crippen molar-refractivity contribution >= 4 is 56.0 Å². The van der Waals surface area contributed by atoms with Gasteiger partial charge < -0.3 is 5.32 Å². The van der Waals surface area contributed by atoms with Crippen LogP contribution in [0.3, 0.4) is 0 Å². The van der Waals surface area contributed by atoms with E-state index in [1.807, 2.05) is 12.1 Å². The highest BCUT2D eigenvalue weighted by Gasteiger charge is 2.33. The Kier molecular flexibility index (Phi) is 6.29. The third kappa shape index (κ3) is 5.37. The molecule has 0 atom stereocenters. The van der Waals surface area contributed by atoms with E-state index in [0.717, 1.165) is 28.1 Å². The Bertz CT molecular complexity index is 942. The number of anilines is 1. The molecular weight excluding hydrogens is 417 g/mol. The predicted molar refractivity (Wildman–Crippen MR) is 105 cm³/mol. The molecule has 1 N–H and O–H groups in total. The average Bonchev–Trinajstić information content (AvgIpc) is 3.01. The summed E-state index contributed by atoms with van der Waals surface area (Å²) in [6, 6.07) is 11.3. The first-order valence-electron chi connectivity index (χ1n) is 7.98. The highest BCUT2D eigenvalue weighted by Crippen LogP contribution is 2.37. The fourth-order valence-electron chi connectivity index (χ4n) is 2.37. The molecule has 0 aliphatic rings. The standard InChI is InChI=1S/C18H14ClF3N2OS2/c19-11-6-8-12(9-7-11)26-10-2-5-15(25)23-17-24-16-13(18(20,21)22)3-1-4-14(16)27-17/h1,3-4,6-9H,2,5,10H2,(H,23,24,25). The molecule has 0 radical (unpaired) electrons. The van der Waals surface area contributed by atoms with E-state index >= 15 is 0 Å². The van der Waals surface area contributed by atoms with Gasteiger partial charge in [0.05, 0.1) is 15.8 Å². The number of hydrogen-bond acceptors (Lipinski definition) is 4. The lowest BCUT2D eigenvalue weighted by atomic mass is 10.2. The van der Waals surface area contributed by atoms with Crippen LogP contribution in [0.5, 0.6) is 0 Å². The van der Waals surface area contributed by atoms with Crippen molar-refractivity contribution < 1.29 is 18.0 Å². The zero-order chi connectivity index (χ0) is 19.4. The topological polar surface area (TPSA) is 42.0 Å². The highest BCUT2D eigenvalue weighted by atomic mass is 35.5. The number of thiazole rings is 1. The lowest BCUT2D eigenvalue weighted by Crippen LogP contribution is -2.11. The minimum Gasteiger partial charge on any atom is -0.302 e. The summed E-state index contributed by atoms with van der Waals surface area (Å²) in [6.45, 7) is 0. The van der Waals surface area contributed by atoms with Gasteiger partial charge in [0.1, 0.15) is 0 Å². The highest BCUT2D eigenvalue weighted by molar-refractivity contribution is 7.99. The van der Waals surface area contributed by atoms with Crippen molar-refractivity contribution in [1.29, 1.82) is 0 Å². The number of thioether (sulfide) groups is 1. The second kappa shape index (κ2) is 8.50. The van der Waals surface area contributed by atoms with E-state index in [9.17, 15) is 18.0 Å². The average molecular weight is 431 g/mol. The molecule has 0 saturated heterocycles. The molecule has 0 fully saturated rings. The number of fused-ring (bicyclic) bond motifs is 1. The van der Waals surface area contributed by atoms with Crippen molar-refractivity contribution in [2.45, 2.75) is 23.9 Å². The quantitative estimate of drug-likeness (QED) is 0.359. The normalized spacial score (nSPS) is 11.7. The van der Waals surface area contributed by atoms with Crippen LogP contribution in [0.15, 0.2) is 47.4 Å². The Morgan fingerprint density at radius 2 is 1.93 bits per heavy atom. The Morgan fingerprint density at radius 3 is 2.63 bits per heavy atom. The minimum atomic E-state index is -4.48. The summed E-state index contributed by atoms with van der Waals surface area (Å²) in [6.07, 6.45) is -3.58. The molecule has 3 rings (SSSR count). The molecular formula is C18H14ClF3N2OS2. The van der Waals surface area contributed by atoms with Crippen molar-refractivity contribution in [3.8, 4) is 0 Å². The molecule has 0 bridgehead atoms. The van der Waals surface area contributed by atoms with Gasteiger partial charge in [-0.25, -0.2) is 4.98 Å². The van der Waals surface area contributed by atoms with Crippen molar-refractivity contribution in [1.82, 2.24) is 4.98 Å². The van der Waals surface area contributed by atoms with Crippen molar-refractivity contribution in [3.05, 3.63) is 53.1 Å². The molecule has 3 nitrogen and oxygen atoms in total. The first kappa shape index (κ1) is 20.0. The second-order valence-corrected chi connectivity index (χ2v) is 8.26. The number of nitrogens with zero attached hydrogens (tertiary/aromatic N) is 1. The van der Waals surface area contributed by atoms with Crippen molar-refractivity contribution in [2.24, 2.45) is 0 Å². The zero-order valence-electron chi connectivity index (χ0n) is 13.8. The maximum absolute atomic E-state index is 13.0. The van der Waals surface area contributed by atoms with Crippen LogP contribution in [0, 0.1) is 0 Å². The number of carbonyl (C=O) groups excluding carboxylic acids is 1. The summed E-state index contributed by atoms with van der Waals surface area (Å²) in [7, 11) is 0. The third-order valence-corrected chi connectivity index (χ3v) is 5.89. The molecule has 0 aliphatic carbocycles. The van der Waals surface area contributed by atoms with E-state index in [-0.39, 0.29) is 23.0 Å².